The molecule has 3 heterocycles. The van der Waals surface area contributed by atoms with Crippen molar-refractivity contribution in [2.24, 2.45) is 0 Å². The lowest BCUT2D eigenvalue weighted by Gasteiger charge is -2.07. The van der Waals surface area contributed by atoms with Crippen LogP contribution < -0.4 is 5.56 Å². The van der Waals surface area contributed by atoms with Crippen molar-refractivity contribution in [3.63, 3.8) is 0 Å². The van der Waals surface area contributed by atoms with Gasteiger partial charge in [-0.15, -0.1) is 0 Å². The summed E-state index contributed by atoms with van der Waals surface area (Å²) in [5.74, 6) is -0.289. The molecule has 138 valence electrons. The van der Waals surface area contributed by atoms with Crippen LogP contribution >= 0.6 is 0 Å². The molecule has 0 N–H and O–H groups in total. The molecule has 0 radical (unpaired) electrons. The normalized spacial score (nSPS) is 11.5. The summed E-state index contributed by atoms with van der Waals surface area (Å²) in [6.07, 6.45) is 4.03. The number of rotatable bonds is 5. The first kappa shape index (κ1) is 17.4. The number of nitrogens with zero attached hydrogens (tertiary/aromatic N) is 4. The average Bonchev–Trinajstić information content (AvgIpc) is 3.07. The summed E-state index contributed by atoms with van der Waals surface area (Å²) in [6, 6.07) is 8.16. The summed E-state index contributed by atoms with van der Waals surface area (Å²) in [6.45, 7) is 2.94. The first-order valence-electron chi connectivity index (χ1n) is 8.78. The van der Waals surface area contributed by atoms with Crippen molar-refractivity contribution in [1.29, 1.82) is 0 Å². The molecule has 0 unspecified atom stereocenters. The van der Waals surface area contributed by atoms with Gasteiger partial charge in [0.15, 0.2) is 5.65 Å². The van der Waals surface area contributed by atoms with E-state index in [2.05, 4.69) is 10.1 Å². The molecular weight excluding hydrogens is 347 g/mol. The van der Waals surface area contributed by atoms with Gasteiger partial charge in [0.05, 0.1) is 23.2 Å². The van der Waals surface area contributed by atoms with Crippen LogP contribution in [0, 0.1) is 5.82 Å². The Morgan fingerprint density at radius 3 is 2.67 bits per heavy atom. The average molecular weight is 366 g/mol. The summed E-state index contributed by atoms with van der Waals surface area (Å²) in [4.78, 5) is 17.3. The quantitative estimate of drug-likeness (QED) is 0.545. The number of hydrogen-bond donors (Lipinski definition) is 0. The van der Waals surface area contributed by atoms with E-state index in [1.54, 1.807) is 40.7 Å². The van der Waals surface area contributed by atoms with Gasteiger partial charge in [-0.1, -0.05) is 19.1 Å². The molecule has 0 atom stereocenters. The lowest BCUT2D eigenvalue weighted by Crippen LogP contribution is -2.22. The van der Waals surface area contributed by atoms with Gasteiger partial charge in [-0.05, 0) is 30.2 Å². The minimum absolute atomic E-state index is 0.129. The summed E-state index contributed by atoms with van der Waals surface area (Å²) < 4.78 is 21.7. The Morgan fingerprint density at radius 2 is 1.96 bits per heavy atom. The maximum absolute atomic E-state index is 13.3. The van der Waals surface area contributed by atoms with Crippen LogP contribution in [-0.2, 0) is 17.7 Å². The standard InChI is InChI=1S/C20H19FN4O2/c1-3-16-18(13-4-6-14(21)7-5-13)19-22-12-15-17(25(19)23-16)8-9-24(20(15)26)10-11-27-2/h4-9,12H,3,10-11H2,1-2H3. The number of methoxy groups -OCH3 is 1. The number of pyridine rings is 1. The van der Waals surface area contributed by atoms with Crippen LogP contribution in [0.2, 0.25) is 0 Å². The second-order valence-electron chi connectivity index (χ2n) is 6.28. The highest BCUT2D eigenvalue weighted by Crippen LogP contribution is 2.29. The molecule has 4 rings (SSSR count). The zero-order valence-electron chi connectivity index (χ0n) is 15.1. The number of aryl methyl sites for hydroxylation is 1. The number of ether oxygens (including phenoxy) is 1. The van der Waals surface area contributed by atoms with E-state index in [0.29, 0.717) is 36.1 Å². The van der Waals surface area contributed by atoms with E-state index in [4.69, 9.17) is 4.74 Å². The predicted molar refractivity (Wildman–Crippen MR) is 101 cm³/mol. The van der Waals surface area contributed by atoms with Crippen LogP contribution in [0.4, 0.5) is 4.39 Å². The summed E-state index contributed by atoms with van der Waals surface area (Å²) in [5, 5.41) is 5.18. The minimum Gasteiger partial charge on any atom is -0.383 e. The first-order chi connectivity index (χ1) is 13.1. The molecular formula is C20H19FN4O2. The zero-order valence-corrected chi connectivity index (χ0v) is 15.1. The number of benzene rings is 1. The van der Waals surface area contributed by atoms with Gasteiger partial charge >= 0.3 is 0 Å². The van der Waals surface area contributed by atoms with Gasteiger partial charge in [0.2, 0.25) is 0 Å². The fourth-order valence-electron chi connectivity index (χ4n) is 3.28. The molecule has 7 heteroatoms. The predicted octanol–water partition coefficient (Wildman–Crippen LogP) is 3.06. The van der Waals surface area contributed by atoms with Crippen molar-refractivity contribution < 1.29 is 9.13 Å². The highest BCUT2D eigenvalue weighted by atomic mass is 19.1. The Labute approximate surface area is 154 Å². The monoisotopic (exact) mass is 366 g/mol. The minimum atomic E-state index is -0.289. The second kappa shape index (κ2) is 6.92. The van der Waals surface area contributed by atoms with Crippen LogP contribution in [0.25, 0.3) is 27.7 Å². The molecule has 0 amide bonds. The number of fused-ring (bicyclic) bond motifs is 3. The van der Waals surface area contributed by atoms with Gasteiger partial charge in [-0.3, -0.25) is 4.79 Å². The molecule has 0 aliphatic heterocycles. The lowest BCUT2D eigenvalue weighted by molar-refractivity contribution is 0.186. The highest BCUT2D eigenvalue weighted by molar-refractivity contribution is 5.86. The number of aromatic nitrogens is 4. The van der Waals surface area contributed by atoms with Crippen LogP contribution in [0.1, 0.15) is 12.6 Å². The molecule has 0 aliphatic rings. The molecule has 0 saturated heterocycles. The van der Waals surface area contributed by atoms with Crippen molar-refractivity contribution in [3.8, 4) is 11.1 Å². The number of hydrogen-bond acceptors (Lipinski definition) is 4. The van der Waals surface area contributed by atoms with Gasteiger partial charge in [-0.2, -0.15) is 5.10 Å². The van der Waals surface area contributed by atoms with Crippen LogP contribution in [0.15, 0.2) is 47.5 Å². The molecule has 4 aromatic rings. The Hall–Kier alpha value is -3.06. The fraction of sp³-hybridized carbons (Fsp3) is 0.250. The van der Waals surface area contributed by atoms with Crippen molar-refractivity contribution in [2.75, 3.05) is 13.7 Å². The van der Waals surface area contributed by atoms with E-state index in [1.807, 2.05) is 13.0 Å². The van der Waals surface area contributed by atoms with E-state index in [-0.39, 0.29) is 11.4 Å². The summed E-state index contributed by atoms with van der Waals surface area (Å²) >= 11 is 0. The molecule has 0 fully saturated rings. The Kier molecular flexibility index (Phi) is 4.45. The van der Waals surface area contributed by atoms with E-state index in [9.17, 15) is 9.18 Å². The third-order valence-corrected chi connectivity index (χ3v) is 4.66. The third-order valence-electron chi connectivity index (χ3n) is 4.66. The molecule has 0 aliphatic carbocycles. The highest BCUT2D eigenvalue weighted by Gasteiger charge is 2.17. The molecule has 27 heavy (non-hydrogen) atoms. The van der Waals surface area contributed by atoms with Gasteiger partial charge in [0.1, 0.15) is 5.82 Å². The van der Waals surface area contributed by atoms with E-state index >= 15 is 0 Å². The molecule has 0 bridgehead atoms. The Morgan fingerprint density at radius 1 is 1.19 bits per heavy atom. The first-order valence-corrected chi connectivity index (χ1v) is 8.78. The summed E-state index contributed by atoms with van der Waals surface area (Å²) in [5.41, 5.74) is 3.79. The maximum Gasteiger partial charge on any atom is 0.261 e. The number of halogens is 1. The van der Waals surface area contributed by atoms with Crippen molar-refractivity contribution >= 4 is 16.6 Å². The van der Waals surface area contributed by atoms with E-state index in [0.717, 1.165) is 16.8 Å². The van der Waals surface area contributed by atoms with E-state index in [1.165, 1.54) is 12.1 Å². The maximum atomic E-state index is 13.3. The lowest BCUT2D eigenvalue weighted by atomic mass is 10.0. The molecule has 6 nitrogen and oxygen atoms in total. The van der Waals surface area contributed by atoms with Crippen molar-refractivity contribution in [3.05, 3.63) is 64.6 Å². The van der Waals surface area contributed by atoms with Crippen molar-refractivity contribution in [2.45, 2.75) is 19.9 Å². The van der Waals surface area contributed by atoms with Crippen LogP contribution in [0.5, 0.6) is 0 Å². The van der Waals surface area contributed by atoms with Crippen LogP contribution in [-0.4, -0.2) is 32.9 Å². The van der Waals surface area contributed by atoms with Gasteiger partial charge < -0.3 is 9.30 Å². The SMILES string of the molecule is CCc1nn2c(ncc3c(=O)n(CCOC)ccc32)c1-c1ccc(F)cc1. The van der Waals surface area contributed by atoms with Gasteiger partial charge in [0.25, 0.3) is 5.56 Å². The molecule has 0 saturated carbocycles. The summed E-state index contributed by atoms with van der Waals surface area (Å²) in [7, 11) is 1.60. The fourth-order valence-corrected chi connectivity index (χ4v) is 3.28. The van der Waals surface area contributed by atoms with E-state index < -0.39 is 0 Å². The van der Waals surface area contributed by atoms with Crippen molar-refractivity contribution in [1.82, 2.24) is 19.2 Å². The smallest absolute Gasteiger partial charge is 0.261 e. The molecule has 3 aromatic heterocycles. The Bertz CT molecular complexity index is 1180. The third kappa shape index (κ3) is 2.90. The van der Waals surface area contributed by atoms with Gasteiger partial charge in [0, 0.05) is 31.6 Å². The van der Waals surface area contributed by atoms with Crippen LogP contribution in [0.3, 0.4) is 0 Å². The molecule has 0 spiro atoms. The Balaban J connectivity index is 1.97. The largest absolute Gasteiger partial charge is 0.383 e. The van der Waals surface area contributed by atoms with Gasteiger partial charge in [-0.25, -0.2) is 13.9 Å². The zero-order chi connectivity index (χ0) is 19.0. The topological polar surface area (TPSA) is 61.4 Å². The molecule has 1 aromatic carbocycles. The second-order valence-corrected chi connectivity index (χ2v) is 6.28.